The normalized spacial score (nSPS) is 18.3. The van der Waals surface area contributed by atoms with Gasteiger partial charge in [0.1, 0.15) is 0 Å². The number of nitrogens with one attached hydrogen (secondary N) is 1. The Balaban J connectivity index is 1.55. The average Bonchev–Trinajstić information content (AvgIpc) is 2.88. The van der Waals surface area contributed by atoms with Gasteiger partial charge in [-0.2, -0.15) is 26.3 Å². The second-order valence-electron chi connectivity index (χ2n) is 9.69. The van der Waals surface area contributed by atoms with Crippen molar-refractivity contribution in [1.82, 2.24) is 10.2 Å². The van der Waals surface area contributed by atoms with E-state index in [-0.39, 0.29) is 18.7 Å². The van der Waals surface area contributed by atoms with Crippen molar-refractivity contribution in [1.29, 1.82) is 0 Å². The number of carbonyl (C=O) groups excluding carboxylic acids is 1. The van der Waals surface area contributed by atoms with E-state index in [1.54, 1.807) is 6.07 Å². The van der Waals surface area contributed by atoms with Gasteiger partial charge in [0.25, 0.3) is 5.91 Å². The number of hydrogen-bond acceptors (Lipinski definition) is 2. The first kappa shape index (κ1) is 29.0. The van der Waals surface area contributed by atoms with Crippen LogP contribution in [0.4, 0.5) is 26.3 Å². The lowest BCUT2D eigenvalue weighted by molar-refractivity contribution is -0.143. The number of hydrogen-bond donors (Lipinski definition) is 1. The highest BCUT2D eigenvalue weighted by atomic mass is 35.5. The van der Waals surface area contributed by atoms with Gasteiger partial charge >= 0.3 is 12.4 Å². The Labute approximate surface area is 227 Å². The van der Waals surface area contributed by atoms with Gasteiger partial charge in [-0.25, -0.2) is 0 Å². The molecule has 3 nitrogen and oxygen atoms in total. The van der Waals surface area contributed by atoms with Gasteiger partial charge in [0.15, 0.2) is 0 Å². The van der Waals surface area contributed by atoms with Crippen LogP contribution in [0.3, 0.4) is 0 Å². The predicted octanol–water partition coefficient (Wildman–Crippen LogP) is 7.43. The van der Waals surface area contributed by atoms with Crippen LogP contribution in [0.15, 0.2) is 72.8 Å². The monoisotopic (exact) mass is 568 g/mol. The molecule has 3 aromatic rings. The Hall–Kier alpha value is -3.04. The van der Waals surface area contributed by atoms with E-state index in [1.165, 1.54) is 4.90 Å². The summed E-state index contributed by atoms with van der Waals surface area (Å²) in [5.74, 6) is -0.843. The Kier molecular flexibility index (Phi) is 8.91. The molecule has 0 spiro atoms. The van der Waals surface area contributed by atoms with Gasteiger partial charge < -0.3 is 10.2 Å². The molecule has 1 aliphatic rings. The summed E-state index contributed by atoms with van der Waals surface area (Å²) in [6.45, 7) is 0.850. The molecule has 0 unspecified atom stereocenters. The largest absolute Gasteiger partial charge is 0.416 e. The first-order chi connectivity index (χ1) is 18.4. The summed E-state index contributed by atoms with van der Waals surface area (Å²) in [7, 11) is 0. The second-order valence-corrected chi connectivity index (χ2v) is 10.1. The molecule has 2 atom stereocenters. The van der Waals surface area contributed by atoms with Crippen LogP contribution in [0, 0.1) is 0 Å². The zero-order chi connectivity index (χ0) is 28.2. The van der Waals surface area contributed by atoms with Gasteiger partial charge in [-0.15, -0.1) is 0 Å². The number of likely N-dealkylation sites (tertiary alicyclic amines) is 1. The molecule has 1 aliphatic heterocycles. The van der Waals surface area contributed by atoms with Crippen molar-refractivity contribution >= 4 is 17.5 Å². The van der Waals surface area contributed by atoms with E-state index in [1.807, 2.05) is 48.5 Å². The molecular weight excluding hydrogens is 542 g/mol. The molecule has 0 bridgehead atoms. The number of nitrogens with zero attached hydrogens (tertiary/aromatic N) is 1. The summed E-state index contributed by atoms with van der Waals surface area (Å²) in [5.41, 5.74) is -1.65. The van der Waals surface area contributed by atoms with E-state index in [4.69, 9.17) is 11.6 Å². The standard InChI is InChI=1S/C29H27ClF6N2O/c30-24-8-4-7-20(13-24)9-11-37-25-10-12-38(26(18-25)14-19-5-2-1-3-6-19)27(39)21-15-22(28(31,32)33)17-23(16-21)29(34,35)36/h1-8,13,15-17,25-26,37H,9-12,14,18H2/t25-,26-/m0/s1. The molecule has 10 heteroatoms. The molecule has 0 aromatic heterocycles. The highest BCUT2D eigenvalue weighted by Crippen LogP contribution is 2.37. The average molecular weight is 569 g/mol. The molecule has 39 heavy (non-hydrogen) atoms. The van der Waals surface area contributed by atoms with Crippen LogP contribution in [0.1, 0.15) is 45.5 Å². The molecule has 1 N–H and O–H groups in total. The number of carbonyl (C=O) groups is 1. The van der Waals surface area contributed by atoms with E-state index in [0.717, 1.165) is 17.5 Å². The first-order valence-electron chi connectivity index (χ1n) is 12.5. The van der Waals surface area contributed by atoms with Crippen molar-refractivity contribution < 1.29 is 31.1 Å². The predicted molar refractivity (Wildman–Crippen MR) is 138 cm³/mol. The molecule has 3 aromatic carbocycles. The van der Waals surface area contributed by atoms with E-state index >= 15 is 0 Å². The Morgan fingerprint density at radius 3 is 2.13 bits per heavy atom. The molecule has 1 saturated heterocycles. The zero-order valence-corrected chi connectivity index (χ0v) is 21.6. The summed E-state index contributed by atoms with van der Waals surface area (Å²) in [5, 5.41) is 4.13. The van der Waals surface area contributed by atoms with Crippen LogP contribution in [0.5, 0.6) is 0 Å². The third-order valence-electron chi connectivity index (χ3n) is 6.86. The van der Waals surface area contributed by atoms with Crippen LogP contribution in [-0.2, 0) is 25.2 Å². The lowest BCUT2D eigenvalue weighted by Crippen LogP contribution is -2.52. The molecule has 4 rings (SSSR count). The van der Waals surface area contributed by atoms with Crippen molar-refractivity contribution in [2.75, 3.05) is 13.1 Å². The van der Waals surface area contributed by atoms with Gasteiger partial charge in [0.05, 0.1) is 11.1 Å². The number of amides is 1. The van der Waals surface area contributed by atoms with Gasteiger partial charge in [-0.1, -0.05) is 54.1 Å². The third-order valence-corrected chi connectivity index (χ3v) is 7.10. The van der Waals surface area contributed by atoms with Crippen molar-refractivity contribution in [2.24, 2.45) is 0 Å². The minimum absolute atomic E-state index is 0.0224. The molecule has 1 fully saturated rings. The smallest absolute Gasteiger partial charge is 0.335 e. The minimum Gasteiger partial charge on any atom is -0.335 e. The summed E-state index contributed by atoms with van der Waals surface area (Å²) >= 11 is 6.05. The molecule has 1 amide bonds. The maximum absolute atomic E-state index is 13.5. The number of halogens is 7. The number of benzene rings is 3. The molecule has 0 aliphatic carbocycles. The summed E-state index contributed by atoms with van der Waals surface area (Å²) in [6, 6.07) is 17.5. The van der Waals surface area contributed by atoms with E-state index in [9.17, 15) is 31.1 Å². The number of rotatable bonds is 7. The van der Waals surface area contributed by atoms with Crippen molar-refractivity contribution in [2.45, 2.75) is 50.1 Å². The fourth-order valence-electron chi connectivity index (χ4n) is 4.94. The second kappa shape index (κ2) is 12.0. The first-order valence-corrected chi connectivity index (χ1v) is 12.9. The van der Waals surface area contributed by atoms with Gasteiger partial charge in [0, 0.05) is 29.2 Å². The van der Waals surface area contributed by atoms with Gasteiger partial charge in [-0.3, -0.25) is 4.79 Å². The highest BCUT2D eigenvalue weighted by molar-refractivity contribution is 6.30. The highest BCUT2D eigenvalue weighted by Gasteiger charge is 2.39. The Morgan fingerprint density at radius 2 is 1.51 bits per heavy atom. The van der Waals surface area contributed by atoms with E-state index in [2.05, 4.69) is 5.32 Å². The number of piperidine rings is 1. The zero-order valence-electron chi connectivity index (χ0n) is 20.8. The molecular formula is C29H27ClF6N2O. The molecule has 1 heterocycles. The van der Waals surface area contributed by atoms with Crippen molar-refractivity contribution in [3.63, 3.8) is 0 Å². The fourth-order valence-corrected chi connectivity index (χ4v) is 5.15. The van der Waals surface area contributed by atoms with Crippen LogP contribution < -0.4 is 5.32 Å². The summed E-state index contributed by atoms with van der Waals surface area (Å²) < 4.78 is 80.5. The Morgan fingerprint density at radius 1 is 0.872 bits per heavy atom. The summed E-state index contributed by atoms with van der Waals surface area (Å²) in [4.78, 5) is 14.9. The summed E-state index contributed by atoms with van der Waals surface area (Å²) in [6.07, 6.45) is -7.89. The van der Waals surface area contributed by atoms with Gasteiger partial charge in [0.2, 0.25) is 0 Å². The fraction of sp³-hybridized carbons (Fsp3) is 0.345. The number of alkyl halides is 6. The maximum Gasteiger partial charge on any atom is 0.416 e. The van der Waals surface area contributed by atoms with Crippen LogP contribution in [0.2, 0.25) is 5.02 Å². The van der Waals surface area contributed by atoms with Crippen LogP contribution >= 0.6 is 11.6 Å². The maximum atomic E-state index is 13.5. The van der Waals surface area contributed by atoms with E-state index in [0.29, 0.717) is 43.0 Å². The van der Waals surface area contributed by atoms with Crippen molar-refractivity contribution in [3.05, 3.63) is 106 Å². The van der Waals surface area contributed by atoms with Crippen LogP contribution in [0.25, 0.3) is 0 Å². The van der Waals surface area contributed by atoms with Gasteiger partial charge in [-0.05, 0) is 73.7 Å². The van der Waals surface area contributed by atoms with Crippen molar-refractivity contribution in [3.8, 4) is 0 Å². The van der Waals surface area contributed by atoms with Crippen LogP contribution in [-0.4, -0.2) is 36.0 Å². The SMILES string of the molecule is O=C(c1cc(C(F)(F)F)cc(C(F)(F)F)c1)N1CC[C@H](NCCc2cccc(Cl)c2)C[C@@H]1Cc1ccccc1. The quantitative estimate of drug-likeness (QED) is 0.301. The lowest BCUT2D eigenvalue weighted by Gasteiger charge is -2.40. The topological polar surface area (TPSA) is 32.3 Å². The Bertz CT molecular complexity index is 1250. The molecule has 208 valence electrons. The minimum atomic E-state index is -5.03. The molecule has 0 radical (unpaired) electrons. The third kappa shape index (κ3) is 7.76. The molecule has 0 saturated carbocycles. The lowest BCUT2D eigenvalue weighted by atomic mass is 9.91. The van der Waals surface area contributed by atoms with E-state index < -0.39 is 41.0 Å².